The molecule has 0 aromatic heterocycles. The second-order valence-corrected chi connectivity index (χ2v) is 6.93. The summed E-state index contributed by atoms with van der Waals surface area (Å²) in [5.41, 5.74) is 0.0905. The van der Waals surface area contributed by atoms with Gasteiger partial charge in [-0.3, -0.25) is 4.79 Å². The highest BCUT2D eigenvalue weighted by Crippen LogP contribution is 2.66. The zero-order valence-electron chi connectivity index (χ0n) is 8.65. The predicted octanol–water partition coefficient (Wildman–Crippen LogP) is 3.54. The first-order valence-electron chi connectivity index (χ1n) is 5.20. The van der Waals surface area contributed by atoms with Gasteiger partial charge in [-0.15, -0.1) is 0 Å². The van der Waals surface area contributed by atoms with Gasteiger partial charge < -0.3 is 0 Å². The molecule has 0 aromatic rings. The standard InChI is InChI=1S/C11H16Br2O/c1-10(2)7-3-4-11(10,8(13)6-12)9(14)5-7/h7-8H,3-6H2,1-2H3/t7-,8?,11-/m1/s1. The van der Waals surface area contributed by atoms with E-state index >= 15 is 0 Å². The number of Topliss-reactive ketones (excluding diaryl/α,β-unsaturated/α-hetero) is 1. The Bertz CT molecular complexity index is 274. The minimum Gasteiger partial charge on any atom is -0.299 e. The van der Waals surface area contributed by atoms with E-state index in [0.29, 0.717) is 16.5 Å². The zero-order chi connectivity index (χ0) is 10.6. The fourth-order valence-corrected chi connectivity index (χ4v) is 5.20. The Kier molecular flexibility index (Phi) is 2.63. The van der Waals surface area contributed by atoms with Crippen LogP contribution in [-0.2, 0) is 4.79 Å². The molecule has 0 heterocycles. The van der Waals surface area contributed by atoms with Gasteiger partial charge in [-0.1, -0.05) is 45.7 Å². The lowest BCUT2D eigenvalue weighted by Gasteiger charge is -2.39. The summed E-state index contributed by atoms with van der Waals surface area (Å²) in [5.74, 6) is 1.11. The van der Waals surface area contributed by atoms with Crippen LogP contribution in [0.2, 0.25) is 0 Å². The van der Waals surface area contributed by atoms with Crippen molar-refractivity contribution in [2.45, 2.75) is 37.9 Å². The van der Waals surface area contributed by atoms with Crippen LogP contribution in [0.4, 0.5) is 0 Å². The molecular formula is C11H16Br2O. The number of rotatable bonds is 2. The molecule has 2 fully saturated rings. The average Bonchev–Trinajstić information content (AvgIpc) is 2.49. The van der Waals surface area contributed by atoms with Crippen molar-refractivity contribution in [3.8, 4) is 0 Å². The first-order valence-corrected chi connectivity index (χ1v) is 7.24. The minimum atomic E-state index is -0.0961. The van der Waals surface area contributed by atoms with Gasteiger partial charge in [0.15, 0.2) is 0 Å². The third kappa shape index (κ3) is 1.09. The molecule has 80 valence electrons. The molecule has 0 saturated heterocycles. The SMILES string of the molecule is CC1(C)[C@@H]2CC[C@@]1(C(Br)CBr)C(=O)C2. The van der Waals surface area contributed by atoms with Crippen molar-refractivity contribution < 1.29 is 4.79 Å². The molecule has 0 radical (unpaired) electrons. The van der Waals surface area contributed by atoms with E-state index in [1.165, 1.54) is 6.42 Å². The molecule has 2 rings (SSSR count). The normalized spacial score (nSPS) is 41.7. The third-order valence-electron chi connectivity index (χ3n) is 4.66. The maximum Gasteiger partial charge on any atom is 0.141 e. The molecule has 0 N–H and O–H groups in total. The molecule has 2 saturated carbocycles. The van der Waals surface area contributed by atoms with Gasteiger partial charge in [0, 0.05) is 22.0 Å². The number of hydrogen-bond donors (Lipinski definition) is 0. The van der Waals surface area contributed by atoms with E-state index in [1.54, 1.807) is 0 Å². The van der Waals surface area contributed by atoms with Crippen LogP contribution in [0.3, 0.4) is 0 Å². The van der Waals surface area contributed by atoms with Gasteiger partial charge in [0.1, 0.15) is 5.78 Å². The van der Waals surface area contributed by atoms with Crippen molar-refractivity contribution in [1.29, 1.82) is 0 Å². The lowest BCUT2D eigenvalue weighted by molar-refractivity contribution is -0.129. The quantitative estimate of drug-likeness (QED) is 0.710. The maximum atomic E-state index is 12.1. The summed E-state index contributed by atoms with van der Waals surface area (Å²) in [5, 5.41) is 0.870. The van der Waals surface area contributed by atoms with Gasteiger partial charge in [0.05, 0.1) is 0 Å². The predicted molar refractivity (Wildman–Crippen MR) is 65.1 cm³/mol. The molecule has 0 spiro atoms. The lowest BCUT2D eigenvalue weighted by atomic mass is 9.67. The largest absolute Gasteiger partial charge is 0.299 e. The van der Waals surface area contributed by atoms with Crippen LogP contribution in [-0.4, -0.2) is 15.9 Å². The van der Waals surface area contributed by atoms with Gasteiger partial charge in [0.2, 0.25) is 0 Å². The molecule has 1 unspecified atom stereocenters. The fourth-order valence-electron chi connectivity index (χ4n) is 3.58. The molecule has 1 nitrogen and oxygen atoms in total. The van der Waals surface area contributed by atoms with Crippen molar-refractivity contribution in [1.82, 2.24) is 0 Å². The first kappa shape index (κ1) is 11.1. The van der Waals surface area contributed by atoms with Crippen LogP contribution in [0.15, 0.2) is 0 Å². The van der Waals surface area contributed by atoms with E-state index in [0.717, 1.165) is 18.2 Å². The molecule has 2 aliphatic carbocycles. The smallest absolute Gasteiger partial charge is 0.141 e. The van der Waals surface area contributed by atoms with Crippen LogP contribution < -0.4 is 0 Å². The van der Waals surface area contributed by atoms with Crippen molar-refractivity contribution in [3.63, 3.8) is 0 Å². The topological polar surface area (TPSA) is 17.1 Å². The number of carbonyl (C=O) groups excluding carboxylic acids is 1. The minimum absolute atomic E-state index is 0.0961. The van der Waals surface area contributed by atoms with Gasteiger partial charge in [0.25, 0.3) is 0 Å². The number of ketones is 1. The van der Waals surface area contributed by atoms with E-state index in [2.05, 4.69) is 45.7 Å². The van der Waals surface area contributed by atoms with E-state index in [4.69, 9.17) is 0 Å². The Morgan fingerprint density at radius 1 is 1.57 bits per heavy atom. The highest BCUT2D eigenvalue weighted by molar-refractivity contribution is 9.12. The molecule has 3 heteroatoms. The summed E-state index contributed by atoms with van der Waals surface area (Å²) in [7, 11) is 0. The average molecular weight is 324 g/mol. The molecule has 2 bridgehead atoms. The Hall–Kier alpha value is 0.630. The van der Waals surface area contributed by atoms with Gasteiger partial charge in [-0.2, -0.15) is 0 Å². The van der Waals surface area contributed by atoms with Crippen LogP contribution in [0.1, 0.15) is 33.1 Å². The number of fused-ring (bicyclic) bond motifs is 2. The van der Waals surface area contributed by atoms with Crippen LogP contribution >= 0.6 is 31.9 Å². The number of halogens is 2. The van der Waals surface area contributed by atoms with E-state index in [1.807, 2.05) is 0 Å². The Morgan fingerprint density at radius 2 is 2.21 bits per heavy atom. The molecule has 0 aliphatic heterocycles. The Labute approximate surface area is 102 Å². The third-order valence-corrected chi connectivity index (χ3v) is 7.28. The van der Waals surface area contributed by atoms with Gasteiger partial charge in [-0.25, -0.2) is 0 Å². The van der Waals surface area contributed by atoms with Crippen LogP contribution in [0, 0.1) is 16.7 Å². The van der Waals surface area contributed by atoms with Crippen molar-refractivity contribution in [3.05, 3.63) is 0 Å². The van der Waals surface area contributed by atoms with Crippen molar-refractivity contribution in [2.24, 2.45) is 16.7 Å². The Morgan fingerprint density at radius 3 is 2.57 bits per heavy atom. The second-order valence-electron chi connectivity index (χ2n) is 5.18. The van der Waals surface area contributed by atoms with E-state index < -0.39 is 0 Å². The van der Waals surface area contributed by atoms with E-state index in [9.17, 15) is 4.79 Å². The summed E-state index contributed by atoms with van der Waals surface area (Å²) in [6, 6.07) is 0. The number of alkyl halides is 2. The molecule has 2 aliphatic rings. The fraction of sp³-hybridized carbons (Fsp3) is 0.909. The van der Waals surface area contributed by atoms with Crippen molar-refractivity contribution >= 4 is 37.6 Å². The van der Waals surface area contributed by atoms with Gasteiger partial charge in [-0.05, 0) is 24.2 Å². The summed E-state index contributed by atoms with van der Waals surface area (Å²) in [4.78, 5) is 12.4. The second kappa shape index (κ2) is 3.31. The van der Waals surface area contributed by atoms with Gasteiger partial charge >= 0.3 is 0 Å². The maximum absolute atomic E-state index is 12.1. The van der Waals surface area contributed by atoms with E-state index in [-0.39, 0.29) is 10.8 Å². The summed E-state index contributed by atoms with van der Waals surface area (Å²) in [6.07, 6.45) is 3.11. The van der Waals surface area contributed by atoms with Crippen LogP contribution in [0.5, 0.6) is 0 Å². The van der Waals surface area contributed by atoms with Crippen LogP contribution in [0.25, 0.3) is 0 Å². The lowest BCUT2D eigenvalue weighted by Crippen LogP contribution is -2.44. The summed E-state index contributed by atoms with van der Waals surface area (Å²) in [6.45, 7) is 4.54. The zero-order valence-corrected chi connectivity index (χ0v) is 11.8. The van der Waals surface area contributed by atoms with Crippen molar-refractivity contribution in [2.75, 3.05) is 5.33 Å². The molecular weight excluding hydrogens is 308 g/mol. The summed E-state index contributed by atoms with van der Waals surface area (Å²) >= 11 is 7.20. The summed E-state index contributed by atoms with van der Waals surface area (Å²) < 4.78 is 0. The molecule has 0 amide bonds. The first-order chi connectivity index (χ1) is 6.46. The number of hydrogen-bond acceptors (Lipinski definition) is 1. The highest BCUT2D eigenvalue weighted by atomic mass is 79.9. The monoisotopic (exact) mass is 322 g/mol. The number of carbonyl (C=O) groups is 1. The Balaban J connectivity index is 2.44. The molecule has 3 atom stereocenters. The molecule has 0 aromatic carbocycles. The molecule has 14 heavy (non-hydrogen) atoms. The highest BCUT2D eigenvalue weighted by Gasteiger charge is 2.66.